The third kappa shape index (κ3) is 4.09. The van der Waals surface area contributed by atoms with E-state index in [-0.39, 0.29) is 0 Å². The molecular formula is C18H20O3. The van der Waals surface area contributed by atoms with Crippen molar-refractivity contribution in [1.29, 1.82) is 0 Å². The lowest BCUT2D eigenvalue weighted by Gasteiger charge is -2.17. The van der Waals surface area contributed by atoms with Crippen LogP contribution in [0.4, 0.5) is 0 Å². The summed E-state index contributed by atoms with van der Waals surface area (Å²) in [5.74, 6) is -0.293. The van der Waals surface area contributed by atoms with Gasteiger partial charge in [-0.05, 0) is 24.5 Å². The Morgan fingerprint density at radius 3 is 2.43 bits per heavy atom. The number of carbonyl (C=O) groups is 1. The first-order valence-electron chi connectivity index (χ1n) is 7.26. The zero-order valence-electron chi connectivity index (χ0n) is 12.2. The largest absolute Gasteiger partial charge is 0.479 e. The summed E-state index contributed by atoms with van der Waals surface area (Å²) in [6, 6.07) is 17.4. The van der Waals surface area contributed by atoms with E-state index >= 15 is 0 Å². The van der Waals surface area contributed by atoms with E-state index in [1.54, 1.807) is 0 Å². The number of hydrogen-bond donors (Lipinski definition) is 1. The van der Waals surface area contributed by atoms with Crippen molar-refractivity contribution in [3.05, 3.63) is 54.6 Å². The van der Waals surface area contributed by atoms with Crippen LogP contribution in [0, 0.1) is 0 Å². The highest BCUT2D eigenvalue weighted by Crippen LogP contribution is 2.30. The molecule has 21 heavy (non-hydrogen) atoms. The first kappa shape index (κ1) is 15.1. The Morgan fingerprint density at radius 2 is 1.76 bits per heavy atom. The first-order valence-corrected chi connectivity index (χ1v) is 7.26. The summed E-state index contributed by atoms with van der Waals surface area (Å²) in [4.78, 5) is 11.3. The van der Waals surface area contributed by atoms with Crippen LogP contribution >= 0.6 is 0 Å². The van der Waals surface area contributed by atoms with Crippen molar-refractivity contribution in [3.8, 4) is 16.9 Å². The summed E-state index contributed by atoms with van der Waals surface area (Å²) in [7, 11) is 0. The fourth-order valence-corrected chi connectivity index (χ4v) is 2.20. The Balaban J connectivity index is 2.25. The molecule has 0 aliphatic heterocycles. The van der Waals surface area contributed by atoms with Gasteiger partial charge in [0.2, 0.25) is 0 Å². The first-order chi connectivity index (χ1) is 10.2. The number of carboxylic acids is 1. The van der Waals surface area contributed by atoms with Crippen molar-refractivity contribution in [1.82, 2.24) is 0 Å². The van der Waals surface area contributed by atoms with Gasteiger partial charge >= 0.3 is 5.97 Å². The lowest BCUT2D eigenvalue weighted by Crippen LogP contribution is -2.27. The van der Waals surface area contributed by atoms with E-state index < -0.39 is 12.1 Å². The van der Waals surface area contributed by atoms with Crippen LogP contribution in [0.15, 0.2) is 54.6 Å². The maximum atomic E-state index is 11.3. The van der Waals surface area contributed by atoms with E-state index in [1.807, 2.05) is 61.5 Å². The molecule has 0 saturated heterocycles. The van der Waals surface area contributed by atoms with Crippen molar-refractivity contribution >= 4 is 5.97 Å². The molecule has 3 nitrogen and oxygen atoms in total. The number of rotatable bonds is 7. The zero-order chi connectivity index (χ0) is 15.1. The van der Waals surface area contributed by atoms with Gasteiger partial charge in [0.05, 0.1) is 0 Å². The van der Waals surface area contributed by atoms with E-state index in [2.05, 4.69) is 0 Å². The highest BCUT2D eigenvalue weighted by Gasteiger charge is 2.20. The lowest BCUT2D eigenvalue weighted by molar-refractivity contribution is -0.145. The normalized spacial score (nSPS) is 11.9. The van der Waals surface area contributed by atoms with Crippen LogP contribution in [0.25, 0.3) is 11.1 Å². The highest BCUT2D eigenvalue weighted by molar-refractivity contribution is 5.74. The summed E-state index contributed by atoms with van der Waals surface area (Å²) in [6.45, 7) is 2.04. The van der Waals surface area contributed by atoms with Gasteiger partial charge in [0.15, 0.2) is 6.10 Å². The summed E-state index contributed by atoms with van der Waals surface area (Å²) >= 11 is 0. The summed E-state index contributed by atoms with van der Waals surface area (Å²) in [6.07, 6.45) is 1.52. The Bertz CT molecular complexity index is 578. The molecule has 2 aromatic carbocycles. The van der Waals surface area contributed by atoms with Gasteiger partial charge in [0.25, 0.3) is 0 Å². The van der Waals surface area contributed by atoms with Crippen molar-refractivity contribution in [3.63, 3.8) is 0 Å². The molecule has 1 atom stereocenters. The van der Waals surface area contributed by atoms with E-state index in [0.29, 0.717) is 12.2 Å². The van der Waals surface area contributed by atoms with Crippen LogP contribution in [0.5, 0.6) is 5.75 Å². The molecule has 3 heteroatoms. The SMILES string of the molecule is CCCCC(Oc1ccccc1-c1ccccc1)C(=O)O. The quantitative estimate of drug-likeness (QED) is 0.821. The van der Waals surface area contributed by atoms with Crippen LogP contribution in [0.1, 0.15) is 26.2 Å². The Kier molecular flexibility index (Phi) is 5.38. The second-order valence-electron chi connectivity index (χ2n) is 4.95. The van der Waals surface area contributed by atoms with Gasteiger partial charge in [-0.1, -0.05) is 61.9 Å². The van der Waals surface area contributed by atoms with Gasteiger partial charge in [-0.3, -0.25) is 0 Å². The van der Waals surface area contributed by atoms with Gasteiger partial charge < -0.3 is 9.84 Å². The van der Waals surface area contributed by atoms with Crippen LogP contribution < -0.4 is 4.74 Å². The molecule has 110 valence electrons. The van der Waals surface area contributed by atoms with Gasteiger partial charge in [-0.25, -0.2) is 4.79 Å². The van der Waals surface area contributed by atoms with Crippen LogP contribution in [0.3, 0.4) is 0 Å². The average molecular weight is 284 g/mol. The molecule has 0 heterocycles. The van der Waals surface area contributed by atoms with Crippen LogP contribution in [-0.2, 0) is 4.79 Å². The molecule has 0 aromatic heterocycles. The van der Waals surface area contributed by atoms with E-state index in [4.69, 9.17) is 4.74 Å². The molecule has 0 saturated carbocycles. The fourth-order valence-electron chi connectivity index (χ4n) is 2.20. The Labute approximate surface area is 125 Å². The molecule has 2 rings (SSSR count). The molecule has 1 N–H and O–H groups in total. The fraction of sp³-hybridized carbons (Fsp3) is 0.278. The number of ether oxygens (including phenoxy) is 1. The minimum absolute atomic E-state index is 0.523. The standard InChI is InChI=1S/C18H20O3/c1-2-3-12-17(18(19)20)21-16-13-8-7-11-15(16)14-9-5-4-6-10-14/h4-11,13,17H,2-3,12H2,1H3,(H,19,20). The highest BCUT2D eigenvalue weighted by atomic mass is 16.5. The Morgan fingerprint density at radius 1 is 1.10 bits per heavy atom. The monoisotopic (exact) mass is 284 g/mol. The lowest BCUT2D eigenvalue weighted by atomic mass is 10.0. The number of benzene rings is 2. The minimum atomic E-state index is -0.911. The third-order valence-corrected chi connectivity index (χ3v) is 3.34. The van der Waals surface area contributed by atoms with Crippen molar-refractivity contribution in [2.45, 2.75) is 32.3 Å². The molecule has 1 unspecified atom stereocenters. The number of hydrogen-bond acceptors (Lipinski definition) is 2. The molecule has 0 spiro atoms. The molecule has 0 fully saturated rings. The van der Waals surface area contributed by atoms with Gasteiger partial charge in [-0.15, -0.1) is 0 Å². The topological polar surface area (TPSA) is 46.5 Å². The molecule has 0 aliphatic carbocycles. The maximum Gasteiger partial charge on any atom is 0.344 e. The molecule has 0 radical (unpaired) electrons. The predicted octanol–water partition coefficient (Wildman–Crippen LogP) is 4.38. The second-order valence-corrected chi connectivity index (χ2v) is 4.95. The summed E-state index contributed by atoms with van der Waals surface area (Å²) in [5.41, 5.74) is 1.94. The van der Waals surface area contributed by atoms with Crippen LogP contribution in [-0.4, -0.2) is 17.2 Å². The van der Waals surface area contributed by atoms with Gasteiger partial charge in [-0.2, -0.15) is 0 Å². The van der Waals surface area contributed by atoms with Gasteiger partial charge in [0, 0.05) is 5.56 Å². The van der Waals surface area contributed by atoms with Crippen molar-refractivity contribution in [2.75, 3.05) is 0 Å². The maximum absolute atomic E-state index is 11.3. The molecule has 0 bridgehead atoms. The van der Waals surface area contributed by atoms with E-state index in [9.17, 15) is 9.90 Å². The number of aliphatic carboxylic acids is 1. The second kappa shape index (κ2) is 7.48. The van der Waals surface area contributed by atoms with Gasteiger partial charge in [0.1, 0.15) is 5.75 Å². The molecule has 0 aliphatic rings. The van der Waals surface area contributed by atoms with Crippen molar-refractivity contribution < 1.29 is 14.6 Å². The summed E-state index contributed by atoms with van der Waals surface area (Å²) < 4.78 is 5.76. The zero-order valence-corrected chi connectivity index (χ0v) is 12.2. The Hall–Kier alpha value is -2.29. The average Bonchev–Trinajstić information content (AvgIpc) is 2.52. The van der Waals surface area contributed by atoms with Crippen LogP contribution in [0.2, 0.25) is 0 Å². The molecular weight excluding hydrogens is 264 g/mol. The van der Waals surface area contributed by atoms with Crippen molar-refractivity contribution in [2.24, 2.45) is 0 Å². The predicted molar refractivity (Wildman–Crippen MR) is 83.5 cm³/mol. The molecule has 0 amide bonds. The third-order valence-electron chi connectivity index (χ3n) is 3.34. The number of carboxylic acid groups (broad SMARTS) is 1. The van der Waals surface area contributed by atoms with E-state index in [0.717, 1.165) is 24.0 Å². The number of unbranched alkanes of at least 4 members (excludes halogenated alkanes) is 1. The van der Waals surface area contributed by atoms with E-state index in [1.165, 1.54) is 0 Å². The summed E-state index contributed by atoms with van der Waals surface area (Å²) in [5, 5.41) is 9.30. The molecule has 2 aromatic rings. The smallest absolute Gasteiger partial charge is 0.344 e. The number of para-hydroxylation sites is 1. The minimum Gasteiger partial charge on any atom is -0.479 e.